The molecule has 0 bridgehead atoms. The molecule has 0 amide bonds. The number of hydrogen-bond acceptors (Lipinski definition) is 3. The highest BCUT2D eigenvalue weighted by Crippen LogP contribution is 2.34. The zero-order chi connectivity index (χ0) is 13.6. The predicted octanol–water partition coefficient (Wildman–Crippen LogP) is 3.31. The summed E-state index contributed by atoms with van der Waals surface area (Å²) in [5, 5.41) is 14.2. The molecule has 1 N–H and O–H groups in total. The number of fused-ring (bicyclic) bond motifs is 1. The van der Waals surface area contributed by atoms with Crippen LogP contribution in [0.4, 0.5) is 0 Å². The van der Waals surface area contributed by atoms with E-state index in [4.69, 9.17) is 5.11 Å². The van der Waals surface area contributed by atoms with Gasteiger partial charge in [-0.05, 0) is 36.1 Å². The number of aryl methyl sites for hydroxylation is 2. The van der Waals surface area contributed by atoms with Crippen LogP contribution in [0.2, 0.25) is 0 Å². The number of thiophene rings is 1. The molecule has 2 heterocycles. The van der Waals surface area contributed by atoms with Gasteiger partial charge in [-0.1, -0.05) is 12.1 Å². The maximum atomic E-state index is 11.0. The number of carbonyl (C=O) groups is 1. The van der Waals surface area contributed by atoms with Crippen molar-refractivity contribution in [3.05, 3.63) is 41.6 Å². The van der Waals surface area contributed by atoms with Gasteiger partial charge >= 0.3 is 5.97 Å². The van der Waals surface area contributed by atoms with Gasteiger partial charge in [-0.25, -0.2) is 4.79 Å². The molecule has 0 atom stereocenters. The average Bonchev–Trinajstić information content (AvgIpc) is 2.93. The van der Waals surface area contributed by atoms with Crippen molar-refractivity contribution in [1.82, 2.24) is 9.78 Å². The lowest BCUT2D eigenvalue weighted by molar-refractivity contribution is 0.0689. The molecule has 3 rings (SSSR count). The Morgan fingerprint density at radius 3 is 2.79 bits per heavy atom. The summed E-state index contributed by atoms with van der Waals surface area (Å²) in [6, 6.07) is 9.89. The Kier molecular flexibility index (Phi) is 2.64. The predicted molar refractivity (Wildman–Crippen MR) is 75.7 cm³/mol. The van der Waals surface area contributed by atoms with Crippen LogP contribution in [0.5, 0.6) is 0 Å². The maximum Gasteiger partial charge on any atom is 0.356 e. The molecule has 0 saturated carbocycles. The van der Waals surface area contributed by atoms with Crippen LogP contribution in [-0.4, -0.2) is 20.9 Å². The van der Waals surface area contributed by atoms with Crippen LogP contribution in [0.15, 0.2) is 30.3 Å². The summed E-state index contributed by atoms with van der Waals surface area (Å²) in [4.78, 5) is 12.0. The molecule has 0 aliphatic carbocycles. The third-order valence-corrected chi connectivity index (χ3v) is 4.25. The van der Waals surface area contributed by atoms with Crippen LogP contribution in [0.1, 0.15) is 16.1 Å². The van der Waals surface area contributed by atoms with Crippen molar-refractivity contribution in [3.8, 4) is 10.6 Å². The molecule has 2 aromatic heterocycles. The fraction of sp³-hybridized carbons (Fsp3) is 0.143. The minimum atomic E-state index is -1.00. The summed E-state index contributed by atoms with van der Waals surface area (Å²) >= 11 is 1.65. The van der Waals surface area contributed by atoms with E-state index in [1.54, 1.807) is 29.1 Å². The molecule has 4 nitrogen and oxygen atoms in total. The van der Waals surface area contributed by atoms with Crippen LogP contribution in [0, 0.1) is 6.92 Å². The first kappa shape index (κ1) is 11.9. The number of aromatic nitrogens is 2. The Balaban J connectivity index is 2.19. The van der Waals surface area contributed by atoms with Gasteiger partial charge in [0.1, 0.15) is 0 Å². The molecular formula is C14H12N2O2S. The molecule has 0 aliphatic rings. The van der Waals surface area contributed by atoms with E-state index in [9.17, 15) is 4.79 Å². The molecule has 5 heteroatoms. The summed E-state index contributed by atoms with van der Waals surface area (Å²) < 4.78 is 2.82. The van der Waals surface area contributed by atoms with Crippen LogP contribution in [0.25, 0.3) is 20.7 Å². The van der Waals surface area contributed by atoms with E-state index in [1.807, 2.05) is 6.07 Å². The number of carboxylic acids is 1. The monoisotopic (exact) mass is 272 g/mol. The lowest BCUT2D eigenvalue weighted by atomic mass is 10.1. The van der Waals surface area contributed by atoms with E-state index in [-0.39, 0.29) is 5.69 Å². The van der Waals surface area contributed by atoms with Gasteiger partial charge in [0.15, 0.2) is 5.69 Å². The molecule has 19 heavy (non-hydrogen) atoms. The highest BCUT2D eigenvalue weighted by molar-refractivity contribution is 7.22. The molecule has 0 unspecified atom stereocenters. The summed E-state index contributed by atoms with van der Waals surface area (Å²) in [7, 11) is 1.76. The second-order valence-corrected chi connectivity index (χ2v) is 5.52. The number of carboxylic acid groups (broad SMARTS) is 1. The maximum absolute atomic E-state index is 11.0. The molecule has 0 radical (unpaired) electrons. The quantitative estimate of drug-likeness (QED) is 0.778. The number of benzene rings is 1. The van der Waals surface area contributed by atoms with E-state index >= 15 is 0 Å². The molecule has 0 saturated heterocycles. The van der Waals surface area contributed by atoms with Crippen LogP contribution in [0.3, 0.4) is 0 Å². The second-order valence-electron chi connectivity index (χ2n) is 4.44. The Bertz CT molecular complexity index is 786. The zero-order valence-corrected chi connectivity index (χ0v) is 11.4. The van der Waals surface area contributed by atoms with Gasteiger partial charge in [0.05, 0.1) is 10.6 Å². The average molecular weight is 272 g/mol. The van der Waals surface area contributed by atoms with Gasteiger partial charge in [-0.2, -0.15) is 5.10 Å². The first-order valence-electron chi connectivity index (χ1n) is 5.83. The van der Waals surface area contributed by atoms with Crippen molar-refractivity contribution in [3.63, 3.8) is 0 Å². The Labute approximate surface area is 113 Å². The minimum absolute atomic E-state index is 0.0756. The SMILES string of the molecule is Cc1cccc2sc(-c3cc(C(=O)O)nn3C)cc12. The molecule has 0 aliphatic heterocycles. The molecule has 0 spiro atoms. The van der Waals surface area contributed by atoms with Crippen molar-refractivity contribution in [2.45, 2.75) is 6.92 Å². The van der Waals surface area contributed by atoms with Gasteiger partial charge in [-0.3, -0.25) is 4.68 Å². The molecule has 3 aromatic rings. The van der Waals surface area contributed by atoms with Gasteiger partial charge in [0, 0.05) is 11.7 Å². The number of nitrogens with zero attached hydrogens (tertiary/aromatic N) is 2. The van der Waals surface area contributed by atoms with E-state index in [0.717, 1.165) is 10.6 Å². The first-order valence-corrected chi connectivity index (χ1v) is 6.65. The molecule has 96 valence electrons. The third-order valence-electron chi connectivity index (χ3n) is 3.13. The molecule has 1 aromatic carbocycles. The zero-order valence-electron chi connectivity index (χ0n) is 10.5. The van der Waals surface area contributed by atoms with Crippen LogP contribution >= 0.6 is 11.3 Å². The minimum Gasteiger partial charge on any atom is -0.476 e. The normalized spacial score (nSPS) is 11.1. The first-order chi connectivity index (χ1) is 9.06. The summed E-state index contributed by atoms with van der Waals surface area (Å²) in [5.74, 6) is -1.00. The van der Waals surface area contributed by atoms with Crippen molar-refractivity contribution in [2.75, 3.05) is 0 Å². The fourth-order valence-electron chi connectivity index (χ4n) is 2.14. The van der Waals surface area contributed by atoms with E-state index in [1.165, 1.54) is 15.6 Å². The molecule has 0 fully saturated rings. The number of rotatable bonds is 2. The lowest BCUT2D eigenvalue weighted by Crippen LogP contribution is -1.99. The Hall–Kier alpha value is -2.14. The van der Waals surface area contributed by atoms with Crippen LogP contribution < -0.4 is 0 Å². The van der Waals surface area contributed by atoms with E-state index in [0.29, 0.717) is 0 Å². The fourth-order valence-corrected chi connectivity index (χ4v) is 3.32. The van der Waals surface area contributed by atoms with Crippen molar-refractivity contribution < 1.29 is 9.90 Å². The smallest absolute Gasteiger partial charge is 0.356 e. The molecular weight excluding hydrogens is 260 g/mol. The Morgan fingerprint density at radius 2 is 2.16 bits per heavy atom. The van der Waals surface area contributed by atoms with Gasteiger partial charge in [0.25, 0.3) is 0 Å². The van der Waals surface area contributed by atoms with E-state index < -0.39 is 5.97 Å². The van der Waals surface area contributed by atoms with Gasteiger partial charge in [-0.15, -0.1) is 11.3 Å². The number of aromatic carboxylic acids is 1. The van der Waals surface area contributed by atoms with Crippen molar-refractivity contribution in [2.24, 2.45) is 7.05 Å². The van der Waals surface area contributed by atoms with Crippen LogP contribution in [-0.2, 0) is 7.05 Å². The largest absolute Gasteiger partial charge is 0.476 e. The highest BCUT2D eigenvalue weighted by atomic mass is 32.1. The second kappa shape index (κ2) is 4.20. The summed E-state index contributed by atoms with van der Waals surface area (Å²) in [5.41, 5.74) is 2.13. The summed E-state index contributed by atoms with van der Waals surface area (Å²) in [6.45, 7) is 2.07. The van der Waals surface area contributed by atoms with Crippen molar-refractivity contribution >= 4 is 27.4 Å². The highest BCUT2D eigenvalue weighted by Gasteiger charge is 2.14. The van der Waals surface area contributed by atoms with Gasteiger partial charge in [0.2, 0.25) is 0 Å². The van der Waals surface area contributed by atoms with E-state index in [2.05, 4.69) is 30.2 Å². The topological polar surface area (TPSA) is 55.1 Å². The standard InChI is InChI=1S/C14H12N2O2S/c1-8-4-3-5-12-9(8)6-13(19-12)11-7-10(14(17)18)15-16(11)2/h3-7H,1-2H3,(H,17,18). The summed E-state index contributed by atoms with van der Waals surface area (Å²) in [6.07, 6.45) is 0. The van der Waals surface area contributed by atoms with Gasteiger partial charge < -0.3 is 5.11 Å². The lowest BCUT2D eigenvalue weighted by Gasteiger charge is -1.95. The Morgan fingerprint density at radius 1 is 1.37 bits per heavy atom. The third kappa shape index (κ3) is 1.92. The van der Waals surface area contributed by atoms with Crippen molar-refractivity contribution in [1.29, 1.82) is 0 Å². The number of hydrogen-bond donors (Lipinski definition) is 1.